The second kappa shape index (κ2) is 16.1. The maximum absolute atomic E-state index is 14.1. The lowest BCUT2D eigenvalue weighted by atomic mass is 9.74. The number of carbonyl (C=O) groups is 2. The Morgan fingerprint density at radius 1 is 0.480 bits per heavy atom. The molecule has 0 spiro atoms. The highest BCUT2D eigenvalue weighted by molar-refractivity contribution is 6.35. The van der Waals surface area contributed by atoms with Crippen molar-refractivity contribution < 1.29 is 38.7 Å². The van der Waals surface area contributed by atoms with E-state index in [1.165, 1.54) is 28.4 Å². The molecular weight excluding hydrogens is 636 g/mol. The van der Waals surface area contributed by atoms with Gasteiger partial charge in [0.1, 0.15) is 34.2 Å². The van der Waals surface area contributed by atoms with Crippen molar-refractivity contribution in [3.05, 3.63) is 119 Å². The Kier molecular flexibility index (Phi) is 12.2. The third-order valence-electron chi connectivity index (χ3n) is 9.08. The van der Waals surface area contributed by atoms with Crippen molar-refractivity contribution >= 4 is 11.8 Å². The first-order valence-electron chi connectivity index (χ1n) is 16.5. The minimum Gasteiger partial charge on any atom is -0.496 e. The highest BCUT2D eigenvalue weighted by Crippen LogP contribution is 2.45. The lowest BCUT2D eigenvalue weighted by Crippen LogP contribution is -2.60. The van der Waals surface area contributed by atoms with Crippen molar-refractivity contribution in [3.63, 3.8) is 0 Å². The van der Waals surface area contributed by atoms with Crippen molar-refractivity contribution in [3.8, 4) is 23.0 Å². The first kappa shape index (κ1) is 37.8. The molecule has 4 N–H and O–H groups in total. The van der Waals surface area contributed by atoms with Gasteiger partial charge in [-0.1, -0.05) is 100 Å². The Hall–Kier alpha value is -5.06. The number of ether oxygens (including phenoxy) is 4. The van der Waals surface area contributed by atoms with Crippen LogP contribution in [0.25, 0.3) is 0 Å². The topological polar surface area (TPSA) is 136 Å². The van der Waals surface area contributed by atoms with E-state index in [1.54, 1.807) is 97.1 Å². The number of carbonyl (C=O) groups excluding carboxylic acids is 2. The van der Waals surface area contributed by atoms with Crippen LogP contribution in [0.2, 0.25) is 0 Å². The van der Waals surface area contributed by atoms with Crippen molar-refractivity contribution in [1.82, 2.24) is 10.6 Å². The van der Waals surface area contributed by atoms with Gasteiger partial charge in [-0.05, 0) is 36.1 Å². The molecule has 0 radical (unpaired) electrons. The standard InChI is InChI=1S/C40H48N2O8/c1-25(2)35(39(45,27-17-9-13-21-31(27)47-5)28-18-10-14-22-32(28)48-6)41-37(43)38(44)42-36(26(3)4)40(46,29-19-11-15-23-33(29)49-7)30-20-12-16-24-34(30)50-8/h9-26,35-36,45-46H,1-8H3,(H,41,43)(H,42,44)/t35-,36-/m1/s1. The number of aliphatic hydroxyl groups is 2. The molecule has 50 heavy (non-hydrogen) atoms. The minimum atomic E-state index is -1.92. The molecule has 2 atom stereocenters. The molecule has 266 valence electrons. The van der Waals surface area contributed by atoms with Crippen LogP contribution in [0.1, 0.15) is 49.9 Å². The maximum atomic E-state index is 14.1. The van der Waals surface area contributed by atoms with Crippen molar-refractivity contribution in [1.29, 1.82) is 0 Å². The van der Waals surface area contributed by atoms with Gasteiger partial charge in [0.05, 0.1) is 40.5 Å². The number of hydrogen-bond acceptors (Lipinski definition) is 8. The molecule has 0 fully saturated rings. The van der Waals surface area contributed by atoms with Gasteiger partial charge in [0.15, 0.2) is 0 Å². The third-order valence-corrected chi connectivity index (χ3v) is 9.08. The predicted octanol–water partition coefficient (Wildman–Crippen LogP) is 5.17. The van der Waals surface area contributed by atoms with Crippen LogP contribution in [0.15, 0.2) is 97.1 Å². The molecule has 0 saturated heterocycles. The molecule has 0 aromatic heterocycles. The summed E-state index contributed by atoms with van der Waals surface area (Å²) in [6, 6.07) is 25.7. The molecular formula is C40H48N2O8. The SMILES string of the molecule is COc1ccccc1C(O)(c1ccccc1OC)[C@H](NC(=O)C(=O)N[C@H](C(C)C)C(O)(c1ccccc1OC)c1ccccc1OC)C(C)C. The van der Waals surface area contributed by atoms with Gasteiger partial charge in [-0.2, -0.15) is 0 Å². The molecule has 0 unspecified atom stereocenters. The zero-order chi connectivity index (χ0) is 36.6. The van der Waals surface area contributed by atoms with Crippen LogP contribution in [-0.2, 0) is 20.8 Å². The van der Waals surface area contributed by atoms with Crippen molar-refractivity contribution in [2.24, 2.45) is 11.8 Å². The van der Waals surface area contributed by atoms with Gasteiger partial charge in [0.2, 0.25) is 0 Å². The fourth-order valence-electron chi connectivity index (χ4n) is 6.72. The first-order valence-corrected chi connectivity index (χ1v) is 16.5. The number of nitrogens with one attached hydrogen (secondary N) is 2. The van der Waals surface area contributed by atoms with E-state index in [-0.39, 0.29) is 0 Å². The van der Waals surface area contributed by atoms with Gasteiger partial charge in [0, 0.05) is 22.3 Å². The summed E-state index contributed by atoms with van der Waals surface area (Å²) in [6.07, 6.45) is 0. The Bertz CT molecular complexity index is 1550. The summed E-state index contributed by atoms with van der Waals surface area (Å²) < 4.78 is 22.7. The Morgan fingerprint density at radius 3 is 0.900 bits per heavy atom. The summed E-state index contributed by atoms with van der Waals surface area (Å²) in [7, 11) is 5.98. The fourth-order valence-corrected chi connectivity index (χ4v) is 6.72. The van der Waals surface area contributed by atoms with E-state index >= 15 is 0 Å². The van der Waals surface area contributed by atoms with E-state index in [4.69, 9.17) is 18.9 Å². The highest BCUT2D eigenvalue weighted by Gasteiger charge is 2.49. The zero-order valence-electron chi connectivity index (χ0n) is 29.9. The van der Waals surface area contributed by atoms with Crippen molar-refractivity contribution in [2.45, 2.75) is 51.0 Å². The van der Waals surface area contributed by atoms with E-state index < -0.39 is 46.9 Å². The molecule has 10 heteroatoms. The van der Waals surface area contributed by atoms with Gasteiger partial charge in [-0.3, -0.25) is 9.59 Å². The summed E-state index contributed by atoms with van der Waals surface area (Å²) in [4.78, 5) is 28.1. The van der Waals surface area contributed by atoms with E-state index in [0.717, 1.165) is 0 Å². The third kappa shape index (κ3) is 7.13. The molecule has 0 aliphatic carbocycles. The van der Waals surface area contributed by atoms with Crippen LogP contribution in [0, 0.1) is 11.8 Å². The number of rotatable bonds is 14. The summed E-state index contributed by atoms with van der Waals surface area (Å²) in [5.74, 6) is -1.33. The summed E-state index contributed by atoms with van der Waals surface area (Å²) >= 11 is 0. The molecule has 4 rings (SSSR count). The fraction of sp³-hybridized carbons (Fsp3) is 0.350. The largest absolute Gasteiger partial charge is 0.496 e. The summed E-state index contributed by atoms with van der Waals surface area (Å²) in [5.41, 5.74) is -2.37. The molecule has 4 aromatic carbocycles. The average molecular weight is 685 g/mol. The van der Waals surface area contributed by atoms with Gasteiger partial charge in [-0.15, -0.1) is 0 Å². The van der Waals surface area contributed by atoms with Gasteiger partial charge in [0.25, 0.3) is 0 Å². The summed E-state index contributed by atoms with van der Waals surface area (Å²) in [6.45, 7) is 7.32. The summed E-state index contributed by atoms with van der Waals surface area (Å²) in [5, 5.41) is 31.4. The van der Waals surface area contributed by atoms with E-state index in [2.05, 4.69) is 10.6 Å². The van der Waals surface area contributed by atoms with Crippen LogP contribution in [0.5, 0.6) is 23.0 Å². The Morgan fingerprint density at radius 2 is 0.700 bits per heavy atom. The number of hydrogen-bond donors (Lipinski definition) is 4. The lowest BCUT2D eigenvalue weighted by Gasteiger charge is -2.42. The lowest BCUT2D eigenvalue weighted by molar-refractivity contribution is -0.143. The second-order valence-electron chi connectivity index (χ2n) is 12.7. The first-order chi connectivity index (χ1) is 23.9. The molecule has 10 nitrogen and oxygen atoms in total. The molecule has 0 aliphatic rings. The second-order valence-corrected chi connectivity index (χ2v) is 12.7. The molecule has 0 saturated carbocycles. The van der Waals surface area contributed by atoms with Crippen molar-refractivity contribution in [2.75, 3.05) is 28.4 Å². The minimum absolute atomic E-state index is 0.369. The van der Waals surface area contributed by atoms with Crippen LogP contribution in [0.4, 0.5) is 0 Å². The van der Waals surface area contributed by atoms with Crippen LogP contribution in [-0.4, -0.2) is 62.6 Å². The molecule has 2 amide bonds. The smallest absolute Gasteiger partial charge is 0.309 e. The highest BCUT2D eigenvalue weighted by atomic mass is 16.5. The zero-order valence-corrected chi connectivity index (χ0v) is 29.9. The van der Waals surface area contributed by atoms with E-state index in [1.807, 2.05) is 27.7 Å². The molecule has 0 heterocycles. The number of para-hydroxylation sites is 4. The Labute approximate surface area is 294 Å². The van der Waals surface area contributed by atoms with Crippen LogP contribution < -0.4 is 29.6 Å². The van der Waals surface area contributed by atoms with Crippen LogP contribution in [0.3, 0.4) is 0 Å². The Balaban J connectivity index is 1.82. The molecule has 0 bridgehead atoms. The van der Waals surface area contributed by atoms with E-state index in [9.17, 15) is 19.8 Å². The van der Waals surface area contributed by atoms with Gasteiger partial charge in [-0.25, -0.2) is 0 Å². The van der Waals surface area contributed by atoms with E-state index in [0.29, 0.717) is 45.3 Å². The molecule has 4 aromatic rings. The normalized spacial score (nSPS) is 13.0. The monoisotopic (exact) mass is 684 g/mol. The number of benzene rings is 4. The van der Waals surface area contributed by atoms with Crippen LogP contribution >= 0.6 is 0 Å². The maximum Gasteiger partial charge on any atom is 0.309 e. The molecule has 0 aliphatic heterocycles. The predicted molar refractivity (Wildman–Crippen MR) is 192 cm³/mol. The van der Waals surface area contributed by atoms with Gasteiger partial charge >= 0.3 is 11.8 Å². The number of methoxy groups -OCH3 is 4. The quantitative estimate of drug-likeness (QED) is 0.134. The average Bonchev–Trinajstić information content (AvgIpc) is 3.14. The number of amides is 2. The van der Waals surface area contributed by atoms with Gasteiger partial charge < -0.3 is 39.8 Å².